The zero-order valence-corrected chi connectivity index (χ0v) is 18.5. The fourth-order valence-corrected chi connectivity index (χ4v) is 3.71. The third-order valence-electron chi connectivity index (χ3n) is 5.34. The number of hydrogen-bond acceptors (Lipinski definition) is 9. The molecule has 10 heteroatoms. The molecule has 0 aliphatic heterocycles. The maximum Gasteiger partial charge on any atom is 0.243 e. The predicted molar refractivity (Wildman–Crippen MR) is 127 cm³/mol. The summed E-state index contributed by atoms with van der Waals surface area (Å²) in [6.45, 7) is 3.99. The van der Waals surface area contributed by atoms with Gasteiger partial charge in [0.1, 0.15) is 6.33 Å². The van der Waals surface area contributed by atoms with Crippen molar-refractivity contribution in [3.05, 3.63) is 78.5 Å². The molecule has 0 aliphatic carbocycles. The summed E-state index contributed by atoms with van der Waals surface area (Å²) in [5.74, 6) is 0.517. The van der Waals surface area contributed by atoms with Crippen LogP contribution >= 0.6 is 0 Å². The number of aromatic nitrogens is 7. The van der Waals surface area contributed by atoms with Gasteiger partial charge in [-0.25, -0.2) is 15.0 Å². The van der Waals surface area contributed by atoms with Crippen molar-refractivity contribution in [1.82, 2.24) is 34.5 Å². The van der Waals surface area contributed by atoms with Crippen LogP contribution in [-0.4, -0.2) is 34.5 Å². The molecule has 4 aromatic heterocycles. The average Bonchev–Trinajstić information content (AvgIpc) is 3.28. The molecule has 0 saturated heterocycles. The number of benzene rings is 1. The van der Waals surface area contributed by atoms with E-state index in [2.05, 4.69) is 36.4 Å². The third-order valence-corrected chi connectivity index (χ3v) is 5.34. The minimum Gasteiger partial charge on any atom is -0.368 e. The van der Waals surface area contributed by atoms with Crippen molar-refractivity contribution in [3.8, 4) is 28.6 Å². The van der Waals surface area contributed by atoms with Crippen LogP contribution in [0.4, 0.5) is 11.9 Å². The number of nitrogens with zero attached hydrogens (tertiary/aromatic N) is 8. The van der Waals surface area contributed by atoms with Gasteiger partial charge in [0.2, 0.25) is 11.9 Å². The van der Waals surface area contributed by atoms with Gasteiger partial charge >= 0.3 is 0 Å². The average molecular weight is 448 g/mol. The van der Waals surface area contributed by atoms with Crippen LogP contribution in [0.15, 0.2) is 67.3 Å². The maximum atomic E-state index is 9.37. The number of pyridine rings is 1. The summed E-state index contributed by atoms with van der Waals surface area (Å²) in [6.07, 6.45) is 4.84. The van der Waals surface area contributed by atoms with Crippen molar-refractivity contribution in [2.45, 2.75) is 19.4 Å². The minimum absolute atomic E-state index is 0.154. The van der Waals surface area contributed by atoms with Crippen LogP contribution in [0.25, 0.3) is 28.2 Å². The fraction of sp³-hybridized carbons (Fsp3) is 0.125. The molecule has 1 aromatic carbocycles. The van der Waals surface area contributed by atoms with Crippen LogP contribution in [0.1, 0.15) is 25.1 Å². The topological polar surface area (TPSA) is 144 Å². The van der Waals surface area contributed by atoms with E-state index >= 15 is 0 Å². The number of hydrogen-bond donors (Lipinski definition) is 2. The van der Waals surface area contributed by atoms with E-state index in [1.165, 1.54) is 10.8 Å². The van der Waals surface area contributed by atoms with Crippen LogP contribution in [0.5, 0.6) is 0 Å². The number of fused-ring (bicyclic) bond motifs is 1. The second-order valence-electron chi connectivity index (χ2n) is 8.12. The molecule has 3 N–H and O–H groups in total. The molecule has 5 aromatic rings. The molecule has 0 radical (unpaired) electrons. The highest BCUT2D eigenvalue weighted by atomic mass is 15.4. The Morgan fingerprint density at radius 1 is 1.03 bits per heavy atom. The van der Waals surface area contributed by atoms with Crippen molar-refractivity contribution >= 4 is 17.5 Å². The van der Waals surface area contributed by atoms with Gasteiger partial charge in [0.15, 0.2) is 5.65 Å². The molecule has 0 amide bonds. The second-order valence-corrected chi connectivity index (χ2v) is 8.12. The standard InChI is InChI=1S/C24H20N10/c1-24(2,18-8-3-4-10-28-18)32-23-31-21-19(17-9-11-27-14-29-17)20(30-22(26)34(21)33-23)16-7-5-6-15(12-16)13-25/h3-12,14H,1-2H3,(H2,26,30)(H,32,33). The Bertz CT molecular complexity index is 1520. The molecule has 0 spiro atoms. The summed E-state index contributed by atoms with van der Waals surface area (Å²) in [5.41, 5.74) is 10.1. The van der Waals surface area contributed by atoms with E-state index in [0.717, 1.165) is 5.69 Å². The zero-order valence-electron chi connectivity index (χ0n) is 18.5. The van der Waals surface area contributed by atoms with E-state index in [9.17, 15) is 5.26 Å². The number of nitrogens with two attached hydrogens (primary N) is 1. The smallest absolute Gasteiger partial charge is 0.243 e. The van der Waals surface area contributed by atoms with Crippen LogP contribution in [0, 0.1) is 11.3 Å². The first kappa shape index (κ1) is 21.0. The fourth-order valence-electron chi connectivity index (χ4n) is 3.71. The Balaban J connectivity index is 1.71. The van der Waals surface area contributed by atoms with Gasteiger partial charge in [-0.3, -0.25) is 4.98 Å². The summed E-state index contributed by atoms with van der Waals surface area (Å²) >= 11 is 0. The highest BCUT2D eigenvalue weighted by Crippen LogP contribution is 2.34. The van der Waals surface area contributed by atoms with Gasteiger partial charge in [0, 0.05) is 18.0 Å². The van der Waals surface area contributed by atoms with E-state index in [1.54, 1.807) is 36.7 Å². The first-order valence-electron chi connectivity index (χ1n) is 10.5. The highest BCUT2D eigenvalue weighted by molar-refractivity contribution is 5.89. The Hall–Kier alpha value is -4.91. The van der Waals surface area contributed by atoms with Gasteiger partial charge < -0.3 is 11.1 Å². The summed E-state index contributed by atoms with van der Waals surface area (Å²) in [4.78, 5) is 22.3. The lowest BCUT2D eigenvalue weighted by Gasteiger charge is -2.24. The SMILES string of the molecule is CC(C)(Nc1nc2c(-c3ccncn3)c(-c3cccc(C#N)c3)nc(N)n2n1)c1ccccn1. The molecule has 0 fully saturated rings. The Kier molecular flexibility index (Phi) is 5.07. The molecule has 0 unspecified atom stereocenters. The molecule has 0 atom stereocenters. The quantitative estimate of drug-likeness (QED) is 0.413. The number of rotatable bonds is 5. The lowest BCUT2D eigenvalue weighted by Crippen LogP contribution is -2.29. The Labute approximate surface area is 195 Å². The Morgan fingerprint density at radius 2 is 1.91 bits per heavy atom. The largest absolute Gasteiger partial charge is 0.368 e. The van der Waals surface area contributed by atoms with Crippen LogP contribution in [0.2, 0.25) is 0 Å². The molecule has 5 rings (SSSR count). The van der Waals surface area contributed by atoms with E-state index in [1.807, 2.05) is 38.1 Å². The van der Waals surface area contributed by atoms with E-state index in [4.69, 9.17) is 10.7 Å². The number of anilines is 2. The molecule has 0 bridgehead atoms. The molecule has 34 heavy (non-hydrogen) atoms. The van der Waals surface area contributed by atoms with E-state index < -0.39 is 5.54 Å². The summed E-state index contributed by atoms with van der Waals surface area (Å²) < 4.78 is 1.48. The third kappa shape index (κ3) is 3.75. The van der Waals surface area contributed by atoms with Crippen molar-refractivity contribution in [1.29, 1.82) is 5.26 Å². The maximum absolute atomic E-state index is 9.37. The van der Waals surface area contributed by atoms with E-state index in [-0.39, 0.29) is 5.95 Å². The minimum atomic E-state index is -0.548. The van der Waals surface area contributed by atoms with E-state index in [0.29, 0.717) is 39.7 Å². The zero-order chi connectivity index (χ0) is 23.7. The van der Waals surface area contributed by atoms with Crippen LogP contribution < -0.4 is 11.1 Å². The number of nitriles is 1. The molecule has 0 aliphatic rings. The van der Waals surface area contributed by atoms with Crippen molar-refractivity contribution in [2.75, 3.05) is 11.1 Å². The first-order chi connectivity index (χ1) is 16.5. The van der Waals surface area contributed by atoms with Gasteiger partial charge in [-0.1, -0.05) is 18.2 Å². The Morgan fingerprint density at radius 3 is 2.65 bits per heavy atom. The molecular weight excluding hydrogens is 428 g/mol. The van der Waals surface area contributed by atoms with Crippen molar-refractivity contribution in [2.24, 2.45) is 0 Å². The van der Waals surface area contributed by atoms with Gasteiger partial charge in [-0.05, 0) is 44.2 Å². The summed E-state index contributed by atoms with van der Waals surface area (Å²) in [5, 5.41) is 17.3. The number of nitrogens with one attached hydrogen (secondary N) is 1. The molecule has 10 nitrogen and oxygen atoms in total. The molecule has 4 heterocycles. The highest BCUT2D eigenvalue weighted by Gasteiger charge is 2.26. The second kappa shape index (κ2) is 8.22. The first-order valence-corrected chi connectivity index (χ1v) is 10.5. The van der Waals surface area contributed by atoms with Crippen molar-refractivity contribution in [3.63, 3.8) is 0 Å². The summed E-state index contributed by atoms with van der Waals surface area (Å²) in [7, 11) is 0. The van der Waals surface area contributed by atoms with Gasteiger partial charge in [0.25, 0.3) is 0 Å². The monoisotopic (exact) mass is 448 g/mol. The predicted octanol–water partition coefficient (Wildman–Crippen LogP) is 3.44. The molecular formula is C24H20N10. The number of nitrogen functional groups attached to an aromatic ring is 1. The van der Waals surface area contributed by atoms with Gasteiger partial charge in [0.05, 0.1) is 39.8 Å². The molecule has 166 valence electrons. The lowest BCUT2D eigenvalue weighted by molar-refractivity contribution is 0.580. The van der Waals surface area contributed by atoms with Gasteiger partial charge in [-0.15, -0.1) is 5.10 Å². The van der Waals surface area contributed by atoms with Gasteiger partial charge in [-0.2, -0.15) is 14.8 Å². The van der Waals surface area contributed by atoms with Crippen LogP contribution in [-0.2, 0) is 5.54 Å². The summed E-state index contributed by atoms with van der Waals surface area (Å²) in [6, 6.07) is 16.8. The molecule has 0 saturated carbocycles. The lowest BCUT2D eigenvalue weighted by atomic mass is 10.0. The van der Waals surface area contributed by atoms with Crippen LogP contribution in [0.3, 0.4) is 0 Å². The normalized spacial score (nSPS) is 11.3. The van der Waals surface area contributed by atoms with Crippen molar-refractivity contribution < 1.29 is 0 Å².